The Bertz CT molecular complexity index is 386. The topological polar surface area (TPSA) is 47.7 Å². The summed E-state index contributed by atoms with van der Waals surface area (Å²) < 4.78 is 23.5. The molecule has 2 rings (SSSR count). The SMILES string of the molecule is COC1(OC)CN(c2ccc(F)c(N)c2)C1. The number of anilines is 2. The Labute approximate surface area is 93.7 Å². The highest BCUT2D eigenvalue weighted by molar-refractivity contribution is 5.58. The minimum atomic E-state index is -0.539. The number of nitrogens with two attached hydrogens (primary N) is 1. The van der Waals surface area contributed by atoms with Gasteiger partial charge in [0.25, 0.3) is 0 Å². The first kappa shape index (κ1) is 11.2. The van der Waals surface area contributed by atoms with Gasteiger partial charge in [-0.05, 0) is 18.2 Å². The van der Waals surface area contributed by atoms with Crippen LogP contribution in [-0.4, -0.2) is 33.1 Å². The van der Waals surface area contributed by atoms with Gasteiger partial charge in [0, 0.05) is 19.9 Å². The fourth-order valence-electron chi connectivity index (χ4n) is 1.79. The molecule has 0 aliphatic carbocycles. The maximum atomic E-state index is 13.0. The molecule has 0 atom stereocenters. The molecule has 0 aromatic heterocycles. The van der Waals surface area contributed by atoms with E-state index in [1.54, 1.807) is 26.4 Å². The first-order valence-electron chi connectivity index (χ1n) is 5.00. The zero-order valence-corrected chi connectivity index (χ0v) is 9.37. The smallest absolute Gasteiger partial charge is 0.203 e. The van der Waals surface area contributed by atoms with Crippen molar-refractivity contribution in [2.75, 3.05) is 37.9 Å². The van der Waals surface area contributed by atoms with Crippen LogP contribution in [0.1, 0.15) is 0 Å². The van der Waals surface area contributed by atoms with Crippen molar-refractivity contribution in [3.63, 3.8) is 0 Å². The number of hydrogen-bond acceptors (Lipinski definition) is 4. The minimum absolute atomic E-state index is 0.157. The summed E-state index contributed by atoms with van der Waals surface area (Å²) in [6.45, 7) is 1.23. The average Bonchev–Trinajstić information content (AvgIpc) is 2.23. The van der Waals surface area contributed by atoms with Gasteiger partial charge in [-0.2, -0.15) is 0 Å². The summed E-state index contributed by atoms with van der Waals surface area (Å²) >= 11 is 0. The van der Waals surface area contributed by atoms with Gasteiger partial charge in [0.2, 0.25) is 5.79 Å². The summed E-state index contributed by atoms with van der Waals surface area (Å²) in [5.41, 5.74) is 6.54. The van der Waals surface area contributed by atoms with Gasteiger partial charge >= 0.3 is 0 Å². The molecule has 1 saturated heterocycles. The molecule has 0 unspecified atom stereocenters. The fourth-order valence-corrected chi connectivity index (χ4v) is 1.79. The number of ether oxygens (including phenoxy) is 2. The Morgan fingerprint density at radius 1 is 1.31 bits per heavy atom. The average molecular weight is 226 g/mol. The number of rotatable bonds is 3. The van der Waals surface area contributed by atoms with E-state index >= 15 is 0 Å². The molecule has 1 aliphatic heterocycles. The van der Waals surface area contributed by atoms with E-state index in [1.807, 2.05) is 4.90 Å². The lowest BCUT2D eigenvalue weighted by atomic mass is 10.1. The van der Waals surface area contributed by atoms with E-state index in [9.17, 15) is 4.39 Å². The van der Waals surface area contributed by atoms with Crippen LogP contribution in [0.15, 0.2) is 18.2 Å². The van der Waals surface area contributed by atoms with E-state index < -0.39 is 11.6 Å². The summed E-state index contributed by atoms with van der Waals surface area (Å²) in [5.74, 6) is -0.933. The molecule has 1 fully saturated rings. The second-order valence-electron chi connectivity index (χ2n) is 3.88. The standard InChI is InChI=1S/C11H15FN2O2/c1-15-11(16-2)6-14(7-11)8-3-4-9(12)10(13)5-8/h3-5H,6-7,13H2,1-2H3. The first-order valence-corrected chi connectivity index (χ1v) is 5.00. The Morgan fingerprint density at radius 2 is 1.94 bits per heavy atom. The molecule has 88 valence electrons. The molecule has 1 aliphatic rings. The van der Waals surface area contributed by atoms with Crippen LogP contribution in [0.25, 0.3) is 0 Å². The van der Waals surface area contributed by atoms with Crippen molar-refractivity contribution in [3.8, 4) is 0 Å². The zero-order chi connectivity index (χ0) is 11.8. The number of halogens is 1. The molecule has 0 amide bonds. The maximum Gasteiger partial charge on any atom is 0.203 e. The minimum Gasteiger partial charge on any atom is -0.396 e. The third-order valence-electron chi connectivity index (χ3n) is 2.95. The quantitative estimate of drug-likeness (QED) is 0.622. The van der Waals surface area contributed by atoms with Gasteiger partial charge in [0.05, 0.1) is 18.8 Å². The van der Waals surface area contributed by atoms with Crippen molar-refractivity contribution >= 4 is 11.4 Å². The van der Waals surface area contributed by atoms with Gasteiger partial charge in [-0.25, -0.2) is 4.39 Å². The van der Waals surface area contributed by atoms with Crippen LogP contribution in [0.4, 0.5) is 15.8 Å². The summed E-state index contributed by atoms with van der Waals surface area (Å²) in [5, 5.41) is 0. The Kier molecular flexibility index (Phi) is 2.73. The van der Waals surface area contributed by atoms with Gasteiger partial charge in [0.1, 0.15) is 5.82 Å². The second kappa shape index (κ2) is 3.92. The molecular formula is C11H15FN2O2. The highest BCUT2D eigenvalue weighted by Gasteiger charge is 2.43. The summed E-state index contributed by atoms with van der Waals surface area (Å²) in [7, 11) is 3.22. The molecule has 0 radical (unpaired) electrons. The Balaban J connectivity index is 2.09. The number of benzene rings is 1. The molecule has 5 heteroatoms. The third kappa shape index (κ3) is 1.72. The van der Waals surface area contributed by atoms with Crippen molar-refractivity contribution < 1.29 is 13.9 Å². The largest absolute Gasteiger partial charge is 0.396 e. The summed E-state index contributed by atoms with van der Waals surface area (Å²) in [4.78, 5) is 2.02. The third-order valence-corrected chi connectivity index (χ3v) is 2.95. The summed E-state index contributed by atoms with van der Waals surface area (Å²) in [6.07, 6.45) is 0. The zero-order valence-electron chi connectivity index (χ0n) is 9.37. The molecule has 0 saturated carbocycles. The lowest BCUT2D eigenvalue weighted by molar-refractivity contribution is -0.219. The van der Waals surface area contributed by atoms with Crippen LogP contribution in [-0.2, 0) is 9.47 Å². The number of methoxy groups -OCH3 is 2. The van der Waals surface area contributed by atoms with E-state index in [0.717, 1.165) is 5.69 Å². The van der Waals surface area contributed by atoms with Crippen LogP contribution < -0.4 is 10.6 Å². The highest BCUT2D eigenvalue weighted by Crippen LogP contribution is 2.31. The van der Waals surface area contributed by atoms with Gasteiger partial charge < -0.3 is 20.1 Å². The Morgan fingerprint density at radius 3 is 2.44 bits per heavy atom. The van der Waals surface area contributed by atoms with Crippen LogP contribution in [0.3, 0.4) is 0 Å². The van der Waals surface area contributed by atoms with Crippen LogP contribution in [0, 0.1) is 5.82 Å². The van der Waals surface area contributed by atoms with Gasteiger partial charge in [-0.1, -0.05) is 0 Å². The van der Waals surface area contributed by atoms with Crippen molar-refractivity contribution in [1.82, 2.24) is 0 Å². The van der Waals surface area contributed by atoms with Gasteiger partial charge in [-0.15, -0.1) is 0 Å². The van der Waals surface area contributed by atoms with Crippen molar-refractivity contribution in [1.29, 1.82) is 0 Å². The molecule has 2 N–H and O–H groups in total. The predicted octanol–water partition coefficient (Wildman–Crippen LogP) is 1.22. The predicted molar refractivity (Wildman–Crippen MR) is 59.8 cm³/mol. The van der Waals surface area contributed by atoms with E-state index in [-0.39, 0.29) is 5.69 Å². The van der Waals surface area contributed by atoms with E-state index in [1.165, 1.54) is 6.07 Å². The second-order valence-corrected chi connectivity index (χ2v) is 3.88. The van der Waals surface area contributed by atoms with Crippen LogP contribution in [0.2, 0.25) is 0 Å². The normalized spacial score (nSPS) is 18.3. The first-order chi connectivity index (χ1) is 7.60. The van der Waals surface area contributed by atoms with Gasteiger partial charge in [-0.3, -0.25) is 0 Å². The van der Waals surface area contributed by atoms with E-state index in [2.05, 4.69) is 0 Å². The maximum absolute atomic E-state index is 13.0. The molecule has 1 aromatic rings. The Hall–Kier alpha value is -1.33. The van der Waals surface area contributed by atoms with Crippen LogP contribution >= 0.6 is 0 Å². The molecule has 1 aromatic carbocycles. The lowest BCUT2D eigenvalue weighted by Gasteiger charge is -2.48. The molecular weight excluding hydrogens is 211 g/mol. The van der Waals surface area contributed by atoms with Crippen molar-refractivity contribution in [2.24, 2.45) is 0 Å². The van der Waals surface area contributed by atoms with Crippen LogP contribution in [0.5, 0.6) is 0 Å². The van der Waals surface area contributed by atoms with Gasteiger partial charge in [0.15, 0.2) is 0 Å². The number of hydrogen-bond donors (Lipinski definition) is 1. The fraction of sp³-hybridized carbons (Fsp3) is 0.455. The molecule has 1 heterocycles. The monoisotopic (exact) mass is 226 g/mol. The molecule has 16 heavy (non-hydrogen) atoms. The number of nitrogen functional groups attached to an aromatic ring is 1. The summed E-state index contributed by atoms with van der Waals surface area (Å²) in [6, 6.07) is 4.68. The lowest BCUT2D eigenvalue weighted by Crippen LogP contribution is -2.64. The van der Waals surface area contributed by atoms with E-state index in [0.29, 0.717) is 13.1 Å². The van der Waals surface area contributed by atoms with Crippen molar-refractivity contribution in [2.45, 2.75) is 5.79 Å². The highest BCUT2D eigenvalue weighted by atomic mass is 19.1. The molecule has 0 bridgehead atoms. The number of nitrogens with zero attached hydrogens (tertiary/aromatic N) is 1. The van der Waals surface area contributed by atoms with Crippen molar-refractivity contribution in [3.05, 3.63) is 24.0 Å². The molecule has 4 nitrogen and oxygen atoms in total. The van der Waals surface area contributed by atoms with E-state index in [4.69, 9.17) is 15.2 Å². The molecule has 0 spiro atoms.